The Kier molecular flexibility index (Phi) is 6.94. The van der Waals surface area contributed by atoms with Gasteiger partial charge in [0, 0.05) is 5.56 Å². The molecule has 0 radical (unpaired) electrons. The molecule has 3 aromatic rings. The minimum absolute atomic E-state index is 0.106. The van der Waals surface area contributed by atoms with Crippen LogP contribution in [0.15, 0.2) is 77.7 Å². The fourth-order valence-corrected chi connectivity index (χ4v) is 4.07. The Bertz CT molecular complexity index is 1150. The Morgan fingerprint density at radius 3 is 2.10 bits per heavy atom. The number of nitrogens with one attached hydrogen (secondary N) is 2. The van der Waals surface area contributed by atoms with Crippen LogP contribution >= 0.6 is 0 Å². The van der Waals surface area contributed by atoms with Crippen LogP contribution in [-0.4, -0.2) is 35.6 Å². The Hall–Kier alpha value is -3.36. The van der Waals surface area contributed by atoms with Crippen molar-refractivity contribution in [3.8, 4) is 11.5 Å². The van der Waals surface area contributed by atoms with Crippen molar-refractivity contribution >= 4 is 15.9 Å². The molecule has 7 nitrogen and oxygen atoms in total. The van der Waals surface area contributed by atoms with Gasteiger partial charge in [0.2, 0.25) is 10.0 Å². The lowest BCUT2D eigenvalue weighted by Gasteiger charge is -2.21. The Morgan fingerprint density at radius 2 is 1.52 bits per heavy atom. The molecule has 1 atom stereocenters. The Morgan fingerprint density at radius 1 is 0.871 bits per heavy atom. The third-order valence-corrected chi connectivity index (χ3v) is 6.28. The molecule has 1 amide bonds. The van der Waals surface area contributed by atoms with E-state index in [-0.39, 0.29) is 16.2 Å². The van der Waals surface area contributed by atoms with Crippen molar-refractivity contribution in [3.63, 3.8) is 0 Å². The molecule has 3 aromatic carbocycles. The summed E-state index contributed by atoms with van der Waals surface area (Å²) in [7, 11) is 0.459. The van der Waals surface area contributed by atoms with Crippen molar-refractivity contribution < 1.29 is 22.7 Å². The van der Waals surface area contributed by atoms with Gasteiger partial charge in [-0.05, 0) is 48.5 Å². The number of amides is 1. The summed E-state index contributed by atoms with van der Waals surface area (Å²) in [6.07, 6.45) is 0. The molecule has 0 bridgehead atoms. The molecular formula is C23H24N2O5S. The van der Waals surface area contributed by atoms with E-state index in [0.717, 1.165) is 11.1 Å². The Balaban J connectivity index is 1.98. The van der Waals surface area contributed by atoms with Gasteiger partial charge in [-0.25, -0.2) is 13.1 Å². The predicted molar refractivity (Wildman–Crippen MR) is 118 cm³/mol. The van der Waals surface area contributed by atoms with E-state index < -0.39 is 22.0 Å². The summed E-state index contributed by atoms with van der Waals surface area (Å²) in [5, 5.41) is 3.00. The number of rotatable bonds is 8. The van der Waals surface area contributed by atoms with Crippen LogP contribution in [0.5, 0.6) is 11.5 Å². The molecule has 0 saturated carbocycles. The predicted octanol–water partition coefficient (Wildman–Crippen LogP) is 3.13. The summed E-state index contributed by atoms with van der Waals surface area (Å²) in [5.41, 5.74) is 1.94. The van der Waals surface area contributed by atoms with Crippen LogP contribution in [0.25, 0.3) is 0 Å². The number of methoxy groups -OCH3 is 2. The highest BCUT2D eigenvalue weighted by molar-refractivity contribution is 7.89. The molecule has 8 heteroatoms. The van der Waals surface area contributed by atoms with Crippen LogP contribution < -0.4 is 19.5 Å². The van der Waals surface area contributed by atoms with E-state index in [1.807, 2.05) is 54.6 Å². The van der Waals surface area contributed by atoms with Crippen molar-refractivity contribution in [2.45, 2.75) is 10.9 Å². The van der Waals surface area contributed by atoms with Crippen molar-refractivity contribution in [2.24, 2.45) is 0 Å². The number of sulfonamides is 1. The second kappa shape index (κ2) is 9.63. The van der Waals surface area contributed by atoms with E-state index in [4.69, 9.17) is 9.47 Å². The molecule has 31 heavy (non-hydrogen) atoms. The maximum atomic E-state index is 13.1. The molecule has 0 aromatic heterocycles. The Labute approximate surface area is 182 Å². The molecular weight excluding hydrogens is 416 g/mol. The number of carbonyl (C=O) groups excluding carboxylic acids is 1. The lowest BCUT2D eigenvalue weighted by atomic mass is 9.98. The molecule has 1 unspecified atom stereocenters. The third-order valence-electron chi connectivity index (χ3n) is 4.84. The maximum absolute atomic E-state index is 13.1. The second-order valence-electron chi connectivity index (χ2n) is 6.66. The summed E-state index contributed by atoms with van der Waals surface area (Å²) in [6, 6.07) is 20.8. The minimum Gasteiger partial charge on any atom is -0.497 e. The molecule has 2 N–H and O–H groups in total. The lowest BCUT2D eigenvalue weighted by molar-refractivity contribution is 0.0942. The monoisotopic (exact) mass is 440 g/mol. The summed E-state index contributed by atoms with van der Waals surface area (Å²) in [5.74, 6) is 0.444. The zero-order chi connectivity index (χ0) is 22.4. The maximum Gasteiger partial charge on any atom is 0.252 e. The van der Waals surface area contributed by atoms with Gasteiger partial charge in [-0.15, -0.1) is 0 Å². The molecule has 0 saturated heterocycles. The molecule has 3 rings (SSSR count). The summed E-state index contributed by atoms with van der Waals surface area (Å²) >= 11 is 0. The van der Waals surface area contributed by atoms with E-state index in [9.17, 15) is 13.2 Å². The standard InChI is InChI=1S/C23H24N2O5S/c1-24-31(27,28)21-15-18(11-14-20(21)30-3)23(26)25-22(16-7-5-4-6-8-16)17-9-12-19(29-2)13-10-17/h4-15,22,24H,1-3H3,(H,25,26). The number of carbonyl (C=O) groups is 1. The second-order valence-corrected chi connectivity index (χ2v) is 8.52. The van der Waals surface area contributed by atoms with Gasteiger partial charge in [-0.1, -0.05) is 42.5 Å². The first kappa shape index (κ1) is 22.3. The zero-order valence-corrected chi connectivity index (χ0v) is 18.3. The van der Waals surface area contributed by atoms with Gasteiger partial charge < -0.3 is 14.8 Å². The highest BCUT2D eigenvalue weighted by Crippen LogP contribution is 2.27. The highest BCUT2D eigenvalue weighted by atomic mass is 32.2. The van der Waals surface area contributed by atoms with Crippen molar-refractivity contribution in [2.75, 3.05) is 21.3 Å². The van der Waals surface area contributed by atoms with Gasteiger partial charge in [0.05, 0.1) is 20.3 Å². The fraction of sp³-hybridized carbons (Fsp3) is 0.174. The van der Waals surface area contributed by atoms with Gasteiger partial charge in [0.25, 0.3) is 5.91 Å². The fourth-order valence-electron chi connectivity index (χ4n) is 3.15. The zero-order valence-electron chi connectivity index (χ0n) is 17.5. The normalized spacial score (nSPS) is 12.1. The first-order valence-corrected chi connectivity index (χ1v) is 11.0. The first-order valence-electron chi connectivity index (χ1n) is 9.51. The van der Waals surface area contributed by atoms with Gasteiger partial charge in [-0.2, -0.15) is 0 Å². The van der Waals surface area contributed by atoms with E-state index >= 15 is 0 Å². The topological polar surface area (TPSA) is 93.7 Å². The van der Waals surface area contributed by atoms with Crippen molar-refractivity contribution in [1.29, 1.82) is 0 Å². The van der Waals surface area contributed by atoms with E-state index in [2.05, 4.69) is 10.0 Å². The van der Waals surface area contributed by atoms with Gasteiger partial charge in [0.1, 0.15) is 16.4 Å². The van der Waals surface area contributed by atoms with Crippen LogP contribution in [0.4, 0.5) is 0 Å². The number of benzene rings is 3. The van der Waals surface area contributed by atoms with Crippen LogP contribution in [-0.2, 0) is 10.0 Å². The van der Waals surface area contributed by atoms with Crippen LogP contribution in [0.3, 0.4) is 0 Å². The van der Waals surface area contributed by atoms with E-state index in [0.29, 0.717) is 5.75 Å². The largest absolute Gasteiger partial charge is 0.497 e. The molecule has 0 aliphatic rings. The first-order chi connectivity index (χ1) is 14.9. The summed E-state index contributed by atoms with van der Waals surface area (Å²) < 4.78 is 37.3. The summed E-state index contributed by atoms with van der Waals surface area (Å²) in [6.45, 7) is 0. The number of hydrogen-bond acceptors (Lipinski definition) is 5. The molecule has 0 heterocycles. The average molecular weight is 441 g/mol. The molecule has 162 valence electrons. The average Bonchev–Trinajstić information content (AvgIpc) is 2.82. The van der Waals surface area contributed by atoms with Gasteiger partial charge in [-0.3, -0.25) is 4.79 Å². The summed E-state index contributed by atoms with van der Waals surface area (Å²) in [4.78, 5) is 13.0. The molecule has 0 aliphatic carbocycles. The highest BCUT2D eigenvalue weighted by Gasteiger charge is 2.22. The molecule has 0 spiro atoms. The SMILES string of the molecule is CNS(=O)(=O)c1cc(C(=O)NC(c2ccccc2)c2ccc(OC)cc2)ccc1OC. The smallest absolute Gasteiger partial charge is 0.252 e. The van der Waals surface area contributed by atoms with Crippen LogP contribution in [0.1, 0.15) is 27.5 Å². The van der Waals surface area contributed by atoms with Crippen molar-refractivity contribution in [1.82, 2.24) is 10.0 Å². The van der Waals surface area contributed by atoms with E-state index in [1.54, 1.807) is 7.11 Å². The molecule has 0 aliphatic heterocycles. The lowest BCUT2D eigenvalue weighted by Crippen LogP contribution is -2.29. The number of hydrogen-bond donors (Lipinski definition) is 2. The van der Waals surface area contributed by atoms with Crippen LogP contribution in [0.2, 0.25) is 0 Å². The third kappa shape index (κ3) is 5.04. The van der Waals surface area contributed by atoms with E-state index in [1.165, 1.54) is 32.4 Å². The number of ether oxygens (including phenoxy) is 2. The van der Waals surface area contributed by atoms with Gasteiger partial charge in [0.15, 0.2) is 0 Å². The quantitative estimate of drug-likeness (QED) is 0.561. The molecule has 0 fully saturated rings. The van der Waals surface area contributed by atoms with Crippen molar-refractivity contribution in [3.05, 3.63) is 89.5 Å². The van der Waals surface area contributed by atoms with Crippen LogP contribution in [0, 0.1) is 0 Å². The van der Waals surface area contributed by atoms with Gasteiger partial charge >= 0.3 is 0 Å². The minimum atomic E-state index is -3.81.